The summed E-state index contributed by atoms with van der Waals surface area (Å²) < 4.78 is 26.9. The number of anilines is 1. The van der Waals surface area contributed by atoms with E-state index in [1.54, 1.807) is 6.07 Å². The molecule has 0 spiro atoms. The predicted octanol–water partition coefficient (Wildman–Crippen LogP) is 4.14. The summed E-state index contributed by atoms with van der Waals surface area (Å²) >= 11 is 6.10. The zero-order chi connectivity index (χ0) is 20.3. The van der Waals surface area contributed by atoms with Crippen molar-refractivity contribution in [1.82, 2.24) is 4.31 Å². The van der Waals surface area contributed by atoms with E-state index in [4.69, 9.17) is 11.6 Å². The summed E-state index contributed by atoms with van der Waals surface area (Å²) in [5.74, 6) is -0.297. The number of hydrogen-bond donors (Lipinski definition) is 1. The first-order chi connectivity index (χ1) is 13.2. The SMILES string of the molecule is Cc1cccc(CS(=O)(=O)N2CCC(C(=O)Nc3ccc(C)c(Cl)c3)CC2)c1. The van der Waals surface area contributed by atoms with E-state index in [2.05, 4.69) is 5.32 Å². The molecule has 7 heteroatoms. The fraction of sp³-hybridized carbons (Fsp3) is 0.381. The Bertz CT molecular complexity index is 967. The maximum atomic E-state index is 12.7. The molecule has 1 aliphatic heterocycles. The summed E-state index contributed by atoms with van der Waals surface area (Å²) in [6, 6.07) is 13.0. The average Bonchev–Trinajstić information content (AvgIpc) is 2.64. The fourth-order valence-electron chi connectivity index (χ4n) is 3.41. The van der Waals surface area contributed by atoms with Crippen molar-refractivity contribution in [3.8, 4) is 0 Å². The van der Waals surface area contributed by atoms with Gasteiger partial charge in [0.2, 0.25) is 15.9 Å². The van der Waals surface area contributed by atoms with Gasteiger partial charge in [-0.2, -0.15) is 0 Å². The van der Waals surface area contributed by atoms with Crippen LogP contribution in [0.3, 0.4) is 0 Å². The molecule has 1 amide bonds. The van der Waals surface area contributed by atoms with Gasteiger partial charge in [0.1, 0.15) is 0 Å². The number of nitrogens with zero attached hydrogens (tertiary/aromatic N) is 1. The Kier molecular flexibility index (Phi) is 6.43. The molecule has 0 bridgehead atoms. The highest BCUT2D eigenvalue weighted by Crippen LogP contribution is 2.25. The molecule has 0 atom stereocenters. The molecule has 3 rings (SSSR count). The van der Waals surface area contributed by atoms with Crippen LogP contribution < -0.4 is 5.32 Å². The van der Waals surface area contributed by atoms with Crippen LogP contribution in [0.1, 0.15) is 29.5 Å². The van der Waals surface area contributed by atoms with Crippen molar-refractivity contribution < 1.29 is 13.2 Å². The lowest BCUT2D eigenvalue weighted by Gasteiger charge is -2.30. The minimum atomic E-state index is -3.39. The first-order valence-corrected chi connectivity index (χ1v) is 11.3. The van der Waals surface area contributed by atoms with Crippen LogP contribution in [0, 0.1) is 19.8 Å². The minimum absolute atomic E-state index is 0.00654. The van der Waals surface area contributed by atoms with Gasteiger partial charge >= 0.3 is 0 Å². The molecule has 0 saturated carbocycles. The molecule has 1 N–H and O–H groups in total. The molecule has 0 unspecified atom stereocenters. The molecule has 0 aliphatic carbocycles. The number of hydrogen-bond acceptors (Lipinski definition) is 3. The number of aryl methyl sites for hydroxylation is 2. The van der Waals surface area contributed by atoms with Gasteiger partial charge in [0.05, 0.1) is 5.75 Å². The Morgan fingerprint density at radius 1 is 1.14 bits per heavy atom. The third kappa shape index (κ3) is 5.13. The third-order valence-electron chi connectivity index (χ3n) is 5.09. The quantitative estimate of drug-likeness (QED) is 0.790. The topological polar surface area (TPSA) is 66.5 Å². The van der Waals surface area contributed by atoms with Crippen molar-refractivity contribution in [3.05, 3.63) is 64.2 Å². The van der Waals surface area contributed by atoms with Crippen LogP contribution in [-0.2, 0) is 20.6 Å². The van der Waals surface area contributed by atoms with E-state index in [1.807, 2.05) is 50.2 Å². The van der Waals surface area contributed by atoms with Crippen LogP contribution in [0.15, 0.2) is 42.5 Å². The van der Waals surface area contributed by atoms with Gasteiger partial charge in [-0.15, -0.1) is 0 Å². The van der Waals surface area contributed by atoms with Crippen molar-refractivity contribution in [2.24, 2.45) is 5.92 Å². The number of piperidine rings is 1. The van der Waals surface area contributed by atoms with Gasteiger partial charge in [0, 0.05) is 29.7 Å². The van der Waals surface area contributed by atoms with Crippen LogP contribution >= 0.6 is 11.6 Å². The standard InChI is InChI=1S/C21H25ClN2O3S/c1-15-4-3-5-17(12-15)14-28(26,27)24-10-8-18(9-11-24)21(25)23-19-7-6-16(2)20(22)13-19/h3-7,12-13,18H,8-11,14H2,1-2H3,(H,23,25). The largest absolute Gasteiger partial charge is 0.326 e. The number of carbonyl (C=O) groups excluding carboxylic acids is 1. The highest BCUT2D eigenvalue weighted by Gasteiger charge is 2.31. The van der Waals surface area contributed by atoms with Gasteiger partial charge in [0.25, 0.3) is 0 Å². The molecule has 28 heavy (non-hydrogen) atoms. The van der Waals surface area contributed by atoms with Gasteiger partial charge in [-0.3, -0.25) is 4.79 Å². The summed E-state index contributed by atoms with van der Waals surface area (Å²) in [6.07, 6.45) is 1.02. The number of amides is 1. The Morgan fingerprint density at radius 3 is 2.50 bits per heavy atom. The van der Waals surface area contributed by atoms with E-state index in [-0.39, 0.29) is 17.6 Å². The van der Waals surface area contributed by atoms with Crippen molar-refractivity contribution in [3.63, 3.8) is 0 Å². The molecule has 1 heterocycles. The lowest BCUT2D eigenvalue weighted by Crippen LogP contribution is -2.41. The van der Waals surface area contributed by atoms with E-state index in [1.165, 1.54) is 4.31 Å². The Labute approximate surface area is 171 Å². The molecule has 5 nitrogen and oxygen atoms in total. The highest BCUT2D eigenvalue weighted by molar-refractivity contribution is 7.88. The smallest absolute Gasteiger partial charge is 0.227 e. The van der Waals surface area contributed by atoms with Crippen molar-refractivity contribution in [2.45, 2.75) is 32.4 Å². The average molecular weight is 421 g/mol. The van der Waals surface area contributed by atoms with Crippen LogP contribution in [0.4, 0.5) is 5.69 Å². The normalized spacial score (nSPS) is 16.1. The molecule has 2 aromatic carbocycles. The van der Waals surface area contributed by atoms with Crippen LogP contribution in [0.25, 0.3) is 0 Å². The van der Waals surface area contributed by atoms with Crippen LogP contribution in [0.2, 0.25) is 5.02 Å². The summed E-state index contributed by atoms with van der Waals surface area (Å²) in [6.45, 7) is 4.57. The van der Waals surface area contributed by atoms with Gasteiger partial charge in [-0.25, -0.2) is 12.7 Å². The molecule has 0 radical (unpaired) electrons. The molecule has 150 valence electrons. The summed E-state index contributed by atoms with van der Waals surface area (Å²) in [4.78, 5) is 12.5. The lowest BCUT2D eigenvalue weighted by molar-refractivity contribution is -0.120. The molecule has 1 aliphatic rings. The number of sulfonamides is 1. The van der Waals surface area contributed by atoms with Crippen LogP contribution in [-0.4, -0.2) is 31.7 Å². The van der Waals surface area contributed by atoms with E-state index >= 15 is 0 Å². The maximum absolute atomic E-state index is 12.7. The Balaban J connectivity index is 1.57. The first-order valence-electron chi connectivity index (χ1n) is 9.35. The number of carbonyl (C=O) groups is 1. The first kappa shape index (κ1) is 20.8. The van der Waals surface area contributed by atoms with E-state index in [9.17, 15) is 13.2 Å². The molecule has 1 fully saturated rings. The summed E-state index contributed by atoms with van der Waals surface area (Å²) in [5.41, 5.74) is 3.44. The van der Waals surface area contributed by atoms with Gasteiger partial charge in [-0.1, -0.05) is 47.5 Å². The zero-order valence-electron chi connectivity index (χ0n) is 16.1. The molecular formula is C21H25ClN2O3S. The van der Waals surface area contributed by atoms with Crippen molar-refractivity contribution >= 4 is 33.2 Å². The van der Waals surface area contributed by atoms with E-state index in [0.29, 0.717) is 36.6 Å². The molecular weight excluding hydrogens is 396 g/mol. The molecule has 0 aromatic heterocycles. The van der Waals surface area contributed by atoms with Gasteiger partial charge in [-0.05, 0) is 49.9 Å². The highest BCUT2D eigenvalue weighted by atomic mass is 35.5. The molecule has 1 saturated heterocycles. The van der Waals surface area contributed by atoms with Crippen LogP contribution in [0.5, 0.6) is 0 Å². The Morgan fingerprint density at radius 2 is 1.86 bits per heavy atom. The van der Waals surface area contributed by atoms with Gasteiger partial charge in [0.15, 0.2) is 0 Å². The molecule has 2 aromatic rings. The lowest BCUT2D eigenvalue weighted by atomic mass is 9.97. The fourth-order valence-corrected chi connectivity index (χ4v) is 5.15. The van der Waals surface area contributed by atoms with Crippen molar-refractivity contribution in [1.29, 1.82) is 0 Å². The zero-order valence-corrected chi connectivity index (χ0v) is 17.7. The van der Waals surface area contributed by atoms with E-state index in [0.717, 1.165) is 16.7 Å². The Hall–Kier alpha value is -1.89. The number of halogens is 1. The van der Waals surface area contributed by atoms with Crippen molar-refractivity contribution in [2.75, 3.05) is 18.4 Å². The number of nitrogens with one attached hydrogen (secondary N) is 1. The third-order valence-corrected chi connectivity index (χ3v) is 7.35. The summed E-state index contributed by atoms with van der Waals surface area (Å²) in [7, 11) is -3.39. The summed E-state index contributed by atoms with van der Waals surface area (Å²) in [5, 5.41) is 3.49. The minimum Gasteiger partial charge on any atom is -0.326 e. The van der Waals surface area contributed by atoms with Gasteiger partial charge < -0.3 is 5.32 Å². The second-order valence-corrected chi connectivity index (χ2v) is 9.75. The van der Waals surface area contributed by atoms with E-state index < -0.39 is 10.0 Å². The monoisotopic (exact) mass is 420 g/mol. The second kappa shape index (κ2) is 8.64. The maximum Gasteiger partial charge on any atom is 0.227 e. The second-order valence-electron chi connectivity index (χ2n) is 7.37. The predicted molar refractivity (Wildman–Crippen MR) is 113 cm³/mol. The number of rotatable bonds is 5. The number of benzene rings is 2.